The minimum absolute atomic E-state index is 0.148. The Hall–Kier alpha value is -2.67. The van der Waals surface area contributed by atoms with Crippen molar-refractivity contribution in [2.45, 2.75) is 13.8 Å². The number of amides is 1. The second kappa shape index (κ2) is 5.76. The summed E-state index contributed by atoms with van der Waals surface area (Å²) < 4.78 is 5.35. The molecule has 24 heavy (non-hydrogen) atoms. The molecular weight excluding hydrogens is 306 g/mol. The van der Waals surface area contributed by atoms with Crippen molar-refractivity contribution in [2.75, 3.05) is 36.5 Å². The Bertz CT molecular complexity index is 834. The van der Waals surface area contributed by atoms with Gasteiger partial charge in [0.2, 0.25) is 5.95 Å². The standard InChI is InChI=1S/C17H19N5O2/c1-10-7-11(2)19-14(10)8-12-13-9-18-17(21-15(13)20-16(12)23)22-3-5-24-6-4-22/h7-9,19H,3-6H2,1-2H3,(H,18,20,21,23)/b12-8-. The number of H-pyrrole nitrogens is 1. The van der Waals surface area contributed by atoms with Gasteiger partial charge in [-0.3, -0.25) is 4.79 Å². The number of carbonyl (C=O) groups is 1. The summed E-state index contributed by atoms with van der Waals surface area (Å²) in [5, 5.41) is 2.84. The van der Waals surface area contributed by atoms with Crippen LogP contribution in [0.4, 0.5) is 11.8 Å². The molecule has 1 fully saturated rings. The zero-order valence-electron chi connectivity index (χ0n) is 13.7. The monoisotopic (exact) mass is 325 g/mol. The van der Waals surface area contributed by atoms with Gasteiger partial charge in [-0.2, -0.15) is 4.98 Å². The van der Waals surface area contributed by atoms with E-state index >= 15 is 0 Å². The number of nitrogens with one attached hydrogen (secondary N) is 2. The Morgan fingerprint density at radius 1 is 1.29 bits per heavy atom. The lowest BCUT2D eigenvalue weighted by molar-refractivity contribution is -0.110. The van der Waals surface area contributed by atoms with Gasteiger partial charge in [-0.05, 0) is 31.6 Å². The van der Waals surface area contributed by atoms with Crippen LogP contribution in [0.25, 0.3) is 11.6 Å². The highest BCUT2D eigenvalue weighted by Crippen LogP contribution is 2.32. The fourth-order valence-corrected chi connectivity index (χ4v) is 3.06. The second-order valence-electron chi connectivity index (χ2n) is 6.09. The first-order chi connectivity index (χ1) is 11.6. The Balaban J connectivity index is 1.69. The van der Waals surface area contributed by atoms with E-state index in [-0.39, 0.29) is 5.91 Å². The van der Waals surface area contributed by atoms with Crippen molar-refractivity contribution in [2.24, 2.45) is 0 Å². The number of aryl methyl sites for hydroxylation is 2. The molecule has 2 aromatic rings. The fraction of sp³-hybridized carbons (Fsp3) is 0.353. The molecule has 2 aliphatic heterocycles. The lowest BCUT2D eigenvalue weighted by Crippen LogP contribution is -2.37. The van der Waals surface area contributed by atoms with Crippen LogP contribution in [0.1, 0.15) is 22.5 Å². The number of anilines is 2. The Morgan fingerprint density at radius 2 is 2.08 bits per heavy atom. The predicted molar refractivity (Wildman–Crippen MR) is 91.8 cm³/mol. The molecule has 0 bridgehead atoms. The lowest BCUT2D eigenvalue weighted by Gasteiger charge is -2.26. The number of carbonyl (C=O) groups excluding carboxylic acids is 1. The van der Waals surface area contributed by atoms with Crippen molar-refractivity contribution < 1.29 is 9.53 Å². The summed E-state index contributed by atoms with van der Waals surface area (Å²) in [7, 11) is 0. The van der Waals surface area contributed by atoms with Gasteiger partial charge in [-0.25, -0.2) is 4.98 Å². The number of ether oxygens (including phenoxy) is 1. The maximum Gasteiger partial charge on any atom is 0.257 e. The van der Waals surface area contributed by atoms with E-state index in [1.807, 2.05) is 19.9 Å². The average Bonchev–Trinajstić information content (AvgIpc) is 3.07. The fourth-order valence-electron chi connectivity index (χ4n) is 3.06. The van der Waals surface area contributed by atoms with E-state index in [0.717, 1.165) is 35.6 Å². The first-order valence-electron chi connectivity index (χ1n) is 8.01. The molecule has 0 unspecified atom stereocenters. The number of rotatable bonds is 2. The molecule has 0 saturated carbocycles. The molecule has 0 aromatic carbocycles. The Morgan fingerprint density at radius 3 is 2.79 bits per heavy atom. The number of hydrogen-bond donors (Lipinski definition) is 2. The quantitative estimate of drug-likeness (QED) is 0.822. The molecule has 1 saturated heterocycles. The number of aromatic nitrogens is 3. The first-order valence-corrected chi connectivity index (χ1v) is 8.01. The average molecular weight is 325 g/mol. The summed E-state index contributed by atoms with van der Waals surface area (Å²) in [5.41, 5.74) is 4.43. The molecule has 0 atom stereocenters. The number of fused-ring (bicyclic) bond motifs is 1. The summed E-state index contributed by atoms with van der Waals surface area (Å²) in [4.78, 5) is 26.6. The molecule has 4 heterocycles. The summed E-state index contributed by atoms with van der Waals surface area (Å²) in [6.45, 7) is 6.87. The zero-order chi connectivity index (χ0) is 16.7. The summed E-state index contributed by atoms with van der Waals surface area (Å²) in [5.74, 6) is 1.05. The Kier molecular flexibility index (Phi) is 3.57. The van der Waals surface area contributed by atoms with Gasteiger partial charge in [0.05, 0.1) is 18.8 Å². The molecule has 0 radical (unpaired) electrons. The number of morpholine rings is 1. The van der Waals surface area contributed by atoms with Crippen molar-refractivity contribution in [3.63, 3.8) is 0 Å². The maximum absolute atomic E-state index is 12.3. The highest BCUT2D eigenvalue weighted by Gasteiger charge is 2.28. The van der Waals surface area contributed by atoms with E-state index in [2.05, 4.69) is 31.2 Å². The molecule has 7 nitrogen and oxygen atoms in total. The highest BCUT2D eigenvalue weighted by molar-refractivity contribution is 6.34. The maximum atomic E-state index is 12.3. The summed E-state index contributed by atoms with van der Waals surface area (Å²) >= 11 is 0. The number of nitrogens with zero attached hydrogens (tertiary/aromatic N) is 3. The second-order valence-corrected chi connectivity index (χ2v) is 6.09. The van der Waals surface area contributed by atoms with E-state index in [0.29, 0.717) is 30.6 Å². The smallest absolute Gasteiger partial charge is 0.257 e. The van der Waals surface area contributed by atoms with Gasteiger partial charge in [-0.1, -0.05) is 0 Å². The van der Waals surface area contributed by atoms with Gasteiger partial charge in [0.25, 0.3) is 5.91 Å². The summed E-state index contributed by atoms with van der Waals surface area (Å²) in [6, 6.07) is 2.05. The minimum atomic E-state index is -0.148. The normalized spacial score (nSPS) is 18.8. The molecule has 2 aliphatic rings. The van der Waals surface area contributed by atoms with E-state index < -0.39 is 0 Å². The molecule has 0 spiro atoms. The van der Waals surface area contributed by atoms with Crippen LogP contribution in [0.2, 0.25) is 0 Å². The highest BCUT2D eigenvalue weighted by atomic mass is 16.5. The van der Waals surface area contributed by atoms with Crippen molar-refractivity contribution in [1.29, 1.82) is 0 Å². The third-order valence-corrected chi connectivity index (χ3v) is 4.32. The van der Waals surface area contributed by atoms with Crippen molar-refractivity contribution >= 4 is 29.3 Å². The molecule has 7 heteroatoms. The zero-order valence-corrected chi connectivity index (χ0v) is 13.7. The van der Waals surface area contributed by atoms with Crippen LogP contribution in [0.3, 0.4) is 0 Å². The Labute approximate surface area is 139 Å². The van der Waals surface area contributed by atoms with Crippen LogP contribution in [-0.4, -0.2) is 47.2 Å². The van der Waals surface area contributed by atoms with Crippen LogP contribution in [0.15, 0.2) is 12.3 Å². The van der Waals surface area contributed by atoms with Crippen LogP contribution < -0.4 is 10.2 Å². The van der Waals surface area contributed by atoms with Gasteiger partial charge in [0.1, 0.15) is 5.82 Å². The van der Waals surface area contributed by atoms with Crippen LogP contribution in [-0.2, 0) is 9.53 Å². The first kappa shape index (κ1) is 14.9. The van der Waals surface area contributed by atoms with Crippen LogP contribution in [0.5, 0.6) is 0 Å². The van der Waals surface area contributed by atoms with E-state index in [4.69, 9.17) is 4.74 Å². The molecule has 2 N–H and O–H groups in total. The molecular formula is C17H19N5O2. The van der Waals surface area contributed by atoms with E-state index in [9.17, 15) is 4.79 Å². The topological polar surface area (TPSA) is 83.1 Å². The number of hydrogen-bond acceptors (Lipinski definition) is 5. The lowest BCUT2D eigenvalue weighted by atomic mass is 10.1. The van der Waals surface area contributed by atoms with Gasteiger partial charge in [0, 0.05) is 36.2 Å². The molecule has 1 amide bonds. The van der Waals surface area contributed by atoms with Crippen LogP contribution >= 0.6 is 0 Å². The predicted octanol–water partition coefficient (Wildman–Crippen LogP) is 1.75. The van der Waals surface area contributed by atoms with E-state index in [1.165, 1.54) is 0 Å². The van der Waals surface area contributed by atoms with Crippen molar-refractivity contribution in [3.8, 4) is 0 Å². The molecule has 0 aliphatic carbocycles. The van der Waals surface area contributed by atoms with Gasteiger partial charge in [-0.15, -0.1) is 0 Å². The van der Waals surface area contributed by atoms with Gasteiger partial charge >= 0.3 is 0 Å². The van der Waals surface area contributed by atoms with Crippen LogP contribution in [0, 0.1) is 13.8 Å². The molecule has 4 rings (SSSR count). The van der Waals surface area contributed by atoms with Crippen molar-refractivity contribution in [3.05, 3.63) is 34.8 Å². The number of aromatic amines is 1. The van der Waals surface area contributed by atoms with Gasteiger partial charge < -0.3 is 19.9 Å². The summed E-state index contributed by atoms with van der Waals surface area (Å²) in [6.07, 6.45) is 3.59. The van der Waals surface area contributed by atoms with Gasteiger partial charge in [0.15, 0.2) is 0 Å². The van der Waals surface area contributed by atoms with Crippen molar-refractivity contribution in [1.82, 2.24) is 15.0 Å². The molecule has 124 valence electrons. The SMILES string of the molecule is Cc1cc(C)c(/C=C2\C(=O)Nc3nc(N4CCOCC4)ncc32)[nH]1. The van der Waals surface area contributed by atoms with E-state index in [1.54, 1.807) is 6.20 Å². The third-order valence-electron chi connectivity index (χ3n) is 4.32. The molecule has 2 aromatic heterocycles. The largest absolute Gasteiger partial charge is 0.378 e. The minimum Gasteiger partial charge on any atom is -0.378 e. The third kappa shape index (κ3) is 2.56.